The Hall–Kier alpha value is -5.06. The Labute approximate surface area is 331 Å². The van der Waals surface area contributed by atoms with Gasteiger partial charge in [-0.2, -0.15) is 0 Å². The summed E-state index contributed by atoms with van der Waals surface area (Å²) in [6.45, 7) is 19.5. The van der Waals surface area contributed by atoms with Gasteiger partial charge in [0.15, 0.2) is 0 Å². The molecule has 2 aliphatic rings. The van der Waals surface area contributed by atoms with Gasteiger partial charge in [-0.3, -0.25) is 14.4 Å². The second kappa shape index (κ2) is 18.7. The molecule has 2 saturated heterocycles. The number of amides is 5. The minimum atomic E-state index is -0.803. The van der Waals surface area contributed by atoms with Crippen LogP contribution in [0.15, 0.2) is 30.5 Å². The summed E-state index contributed by atoms with van der Waals surface area (Å²) in [5.41, 5.74) is 1.08. The third-order valence-electron chi connectivity index (χ3n) is 9.50. The highest BCUT2D eigenvalue weighted by molar-refractivity contribution is 5.92. The molecule has 2 aromatic rings. The molecule has 4 atom stereocenters. The molecule has 1 aromatic heterocycles. The van der Waals surface area contributed by atoms with E-state index in [0.717, 1.165) is 24.0 Å². The van der Waals surface area contributed by atoms with Crippen LogP contribution in [-0.2, 0) is 30.3 Å². The maximum absolute atomic E-state index is 13.7. The number of nitrogens with zero attached hydrogens (tertiary/aromatic N) is 3. The van der Waals surface area contributed by atoms with Crippen molar-refractivity contribution in [3.8, 4) is 11.8 Å². The van der Waals surface area contributed by atoms with Crippen molar-refractivity contribution in [3.05, 3.63) is 53.1 Å². The third kappa shape index (κ3) is 12.5. The molecule has 2 fully saturated rings. The average molecular weight is 776 g/mol. The summed E-state index contributed by atoms with van der Waals surface area (Å²) in [5, 5.41) is 8.46. The molecular formula is C42H61N7O7. The molecule has 306 valence electrons. The molecule has 2 aliphatic heterocycles. The number of ether oxygens (including phenoxy) is 2. The molecule has 56 heavy (non-hydrogen) atoms. The fourth-order valence-corrected chi connectivity index (χ4v) is 6.78. The fourth-order valence-electron chi connectivity index (χ4n) is 6.78. The lowest BCUT2D eigenvalue weighted by Crippen LogP contribution is -2.55. The minimum Gasteiger partial charge on any atom is -0.444 e. The first kappa shape index (κ1) is 43.7. The largest absolute Gasteiger partial charge is 0.444 e. The van der Waals surface area contributed by atoms with Crippen molar-refractivity contribution < 1.29 is 33.4 Å². The van der Waals surface area contributed by atoms with Crippen LogP contribution in [0.3, 0.4) is 0 Å². The van der Waals surface area contributed by atoms with Crippen molar-refractivity contribution in [2.75, 3.05) is 19.6 Å². The molecule has 0 radical (unpaired) electrons. The first-order chi connectivity index (χ1) is 26.2. The van der Waals surface area contributed by atoms with Gasteiger partial charge in [-0.05, 0) is 109 Å². The first-order valence-electron chi connectivity index (χ1n) is 19.8. The first-order valence-corrected chi connectivity index (χ1v) is 19.8. The average Bonchev–Trinajstić information content (AvgIpc) is 3.88. The van der Waals surface area contributed by atoms with Crippen molar-refractivity contribution >= 4 is 29.9 Å². The number of nitrogens with one attached hydrogen (secondary N) is 4. The highest BCUT2D eigenvalue weighted by Gasteiger charge is 2.40. The number of hydrogen-bond donors (Lipinski definition) is 4. The molecule has 0 saturated carbocycles. The van der Waals surface area contributed by atoms with Gasteiger partial charge in [0, 0.05) is 25.2 Å². The predicted octanol–water partition coefficient (Wildman–Crippen LogP) is 5.22. The lowest BCUT2D eigenvalue weighted by molar-refractivity contribution is -0.140. The van der Waals surface area contributed by atoms with Crippen LogP contribution in [0.5, 0.6) is 0 Å². The number of aromatic nitrogens is 2. The predicted molar refractivity (Wildman–Crippen MR) is 212 cm³/mol. The molecular weight excluding hydrogens is 715 g/mol. The van der Waals surface area contributed by atoms with Gasteiger partial charge < -0.3 is 40.2 Å². The molecule has 3 heterocycles. The van der Waals surface area contributed by atoms with E-state index in [1.807, 2.05) is 52.0 Å². The van der Waals surface area contributed by atoms with E-state index in [1.165, 1.54) is 0 Å². The van der Waals surface area contributed by atoms with Gasteiger partial charge in [-0.15, -0.1) is 0 Å². The number of H-pyrrole nitrogens is 1. The van der Waals surface area contributed by atoms with Gasteiger partial charge in [0.2, 0.25) is 17.7 Å². The van der Waals surface area contributed by atoms with Crippen molar-refractivity contribution in [2.24, 2.45) is 11.8 Å². The summed E-state index contributed by atoms with van der Waals surface area (Å²) < 4.78 is 10.8. The summed E-state index contributed by atoms with van der Waals surface area (Å²) in [6.07, 6.45) is 3.81. The van der Waals surface area contributed by atoms with Crippen molar-refractivity contribution in [3.63, 3.8) is 0 Å². The molecule has 1 aromatic carbocycles. The number of rotatable bonds is 11. The van der Waals surface area contributed by atoms with Crippen LogP contribution in [0.4, 0.5) is 9.59 Å². The normalized spacial score (nSPS) is 18.2. The number of carbonyl (C=O) groups excluding carboxylic acids is 5. The highest BCUT2D eigenvalue weighted by atomic mass is 16.6. The Morgan fingerprint density at radius 1 is 0.804 bits per heavy atom. The van der Waals surface area contributed by atoms with E-state index in [0.29, 0.717) is 50.4 Å². The maximum Gasteiger partial charge on any atom is 0.408 e. The van der Waals surface area contributed by atoms with Gasteiger partial charge in [0.25, 0.3) is 0 Å². The smallest absolute Gasteiger partial charge is 0.408 e. The van der Waals surface area contributed by atoms with Crippen LogP contribution in [0.1, 0.15) is 124 Å². The van der Waals surface area contributed by atoms with E-state index in [-0.39, 0.29) is 35.6 Å². The number of likely N-dealkylation sites (tertiary alicyclic amines) is 2. The molecule has 4 rings (SSSR count). The SMILES string of the molecule is CC(C)C(NC(=O)OC(C)(C)C)C(=O)N1CCCC1C(=O)NCCc1ccc(C#Cc2cnc(C3CCCN3C(=O)C(NC(=O)OC(C)(C)C)C(C)C)[nH]2)cc1. The lowest BCUT2D eigenvalue weighted by Gasteiger charge is -2.31. The minimum absolute atomic E-state index is 0.139. The molecule has 0 aliphatic carbocycles. The fraction of sp³-hybridized carbons (Fsp3) is 0.619. The van der Waals surface area contributed by atoms with Gasteiger partial charge in [-0.25, -0.2) is 14.6 Å². The topological polar surface area (TPSA) is 175 Å². The number of carbonyl (C=O) groups is 5. The number of benzene rings is 1. The summed E-state index contributed by atoms with van der Waals surface area (Å²) in [4.78, 5) is 76.5. The molecule has 4 N–H and O–H groups in total. The van der Waals surface area contributed by atoms with Crippen LogP contribution < -0.4 is 16.0 Å². The van der Waals surface area contributed by atoms with Gasteiger partial charge in [0.05, 0.1) is 12.2 Å². The maximum atomic E-state index is 13.7. The van der Waals surface area contributed by atoms with E-state index in [4.69, 9.17) is 9.47 Å². The van der Waals surface area contributed by atoms with Crippen LogP contribution in [0.2, 0.25) is 0 Å². The number of aromatic amines is 1. The van der Waals surface area contributed by atoms with Crippen LogP contribution in [-0.4, -0.2) is 98.6 Å². The Morgan fingerprint density at radius 3 is 1.89 bits per heavy atom. The molecule has 0 spiro atoms. The monoisotopic (exact) mass is 775 g/mol. The van der Waals surface area contributed by atoms with Crippen molar-refractivity contribution in [1.82, 2.24) is 35.7 Å². The summed E-state index contributed by atoms with van der Waals surface area (Å²) in [6, 6.07) is 5.39. The molecule has 0 bridgehead atoms. The highest BCUT2D eigenvalue weighted by Crippen LogP contribution is 2.31. The Bertz CT molecular complexity index is 1760. The van der Waals surface area contributed by atoms with Crippen LogP contribution >= 0.6 is 0 Å². The second-order valence-corrected chi connectivity index (χ2v) is 17.3. The zero-order valence-corrected chi connectivity index (χ0v) is 34.7. The van der Waals surface area contributed by atoms with E-state index in [9.17, 15) is 24.0 Å². The molecule has 5 amide bonds. The van der Waals surface area contributed by atoms with Crippen LogP contribution in [0.25, 0.3) is 0 Å². The third-order valence-corrected chi connectivity index (χ3v) is 9.50. The Morgan fingerprint density at radius 2 is 1.34 bits per heavy atom. The Balaban J connectivity index is 1.29. The van der Waals surface area contributed by atoms with Crippen LogP contribution in [0, 0.1) is 23.7 Å². The van der Waals surface area contributed by atoms with E-state index in [1.54, 1.807) is 57.5 Å². The quantitative estimate of drug-likeness (QED) is 0.225. The van der Waals surface area contributed by atoms with Gasteiger partial charge >= 0.3 is 12.2 Å². The van der Waals surface area contributed by atoms with E-state index in [2.05, 4.69) is 37.8 Å². The lowest BCUT2D eigenvalue weighted by atomic mass is 10.0. The summed E-state index contributed by atoms with van der Waals surface area (Å²) in [7, 11) is 0. The second-order valence-electron chi connectivity index (χ2n) is 17.3. The van der Waals surface area contributed by atoms with Gasteiger partial charge in [0.1, 0.15) is 40.8 Å². The van der Waals surface area contributed by atoms with Crippen molar-refractivity contribution in [2.45, 2.75) is 137 Å². The summed E-state index contributed by atoms with van der Waals surface area (Å²) >= 11 is 0. The molecule has 4 unspecified atom stereocenters. The summed E-state index contributed by atoms with van der Waals surface area (Å²) in [5.74, 6) is 5.95. The van der Waals surface area contributed by atoms with E-state index >= 15 is 0 Å². The number of hydrogen-bond acceptors (Lipinski definition) is 8. The zero-order valence-electron chi connectivity index (χ0n) is 34.7. The standard InChI is InChI=1S/C42H61N7O7/c1-26(2)33(46-39(53)55-41(5,6)7)37(51)48-23-11-13-31(48)35-44-25-30(45-35)20-19-28-15-17-29(18-16-28)21-22-43-36(50)32-14-12-24-49(32)38(52)34(27(3)4)47-40(54)56-42(8,9)10/h15-18,25-27,31-34H,11-14,21-24H2,1-10H3,(H,43,50)(H,44,45)(H,46,53)(H,47,54). The number of imidazole rings is 1. The Kier molecular flexibility index (Phi) is 14.6. The molecule has 14 heteroatoms. The van der Waals surface area contributed by atoms with E-state index < -0.39 is 41.5 Å². The zero-order chi connectivity index (χ0) is 41.4. The molecule has 14 nitrogen and oxygen atoms in total. The number of alkyl carbamates (subject to hydrolysis) is 2. The van der Waals surface area contributed by atoms with Crippen molar-refractivity contribution in [1.29, 1.82) is 0 Å². The van der Waals surface area contributed by atoms with Gasteiger partial charge in [-0.1, -0.05) is 45.7 Å².